The third-order valence-electron chi connectivity index (χ3n) is 3.70. The van der Waals surface area contributed by atoms with Gasteiger partial charge in [0.2, 0.25) is 0 Å². The molecule has 0 bridgehead atoms. The molecule has 0 aromatic heterocycles. The molecular formula is C15H20N2. The fraction of sp³-hybridized carbons (Fsp3) is 0.533. The normalized spacial score (nSPS) is 26.1. The van der Waals surface area contributed by atoms with Crippen LogP contribution in [0.3, 0.4) is 0 Å². The topological polar surface area (TPSA) is 35.8 Å². The van der Waals surface area contributed by atoms with Gasteiger partial charge in [0.1, 0.15) is 0 Å². The molecule has 2 unspecified atom stereocenters. The molecule has 1 aliphatic rings. The molecular weight excluding hydrogens is 208 g/mol. The first kappa shape index (κ1) is 12.1. The van der Waals surface area contributed by atoms with Gasteiger partial charge >= 0.3 is 0 Å². The van der Waals surface area contributed by atoms with E-state index in [0.717, 1.165) is 12.8 Å². The van der Waals surface area contributed by atoms with E-state index in [4.69, 9.17) is 5.26 Å². The van der Waals surface area contributed by atoms with Crippen LogP contribution in [-0.4, -0.2) is 6.04 Å². The van der Waals surface area contributed by atoms with E-state index in [1.165, 1.54) is 18.4 Å². The molecule has 2 nitrogen and oxygen atoms in total. The zero-order valence-electron chi connectivity index (χ0n) is 10.4. The summed E-state index contributed by atoms with van der Waals surface area (Å²) >= 11 is 0. The Morgan fingerprint density at radius 1 is 1.24 bits per heavy atom. The third kappa shape index (κ3) is 3.08. The van der Waals surface area contributed by atoms with Gasteiger partial charge in [-0.3, -0.25) is 0 Å². The van der Waals surface area contributed by atoms with E-state index in [9.17, 15) is 0 Å². The average molecular weight is 228 g/mol. The van der Waals surface area contributed by atoms with E-state index in [-0.39, 0.29) is 5.92 Å². The lowest BCUT2D eigenvalue weighted by Crippen LogP contribution is -2.39. The van der Waals surface area contributed by atoms with E-state index in [1.807, 2.05) is 6.07 Å². The average Bonchev–Trinajstić information content (AvgIpc) is 2.40. The Kier molecular flexibility index (Phi) is 4.17. The van der Waals surface area contributed by atoms with E-state index in [2.05, 4.69) is 42.6 Å². The summed E-state index contributed by atoms with van der Waals surface area (Å²) in [6, 6.07) is 13.6. The third-order valence-corrected chi connectivity index (χ3v) is 3.70. The van der Waals surface area contributed by atoms with E-state index >= 15 is 0 Å². The molecule has 0 saturated heterocycles. The molecule has 0 aliphatic heterocycles. The number of benzene rings is 1. The molecule has 90 valence electrons. The van der Waals surface area contributed by atoms with Crippen molar-refractivity contribution in [3.8, 4) is 6.07 Å². The Morgan fingerprint density at radius 2 is 1.94 bits per heavy atom. The fourth-order valence-electron chi connectivity index (χ4n) is 2.64. The summed E-state index contributed by atoms with van der Waals surface area (Å²) in [6.45, 7) is 2.18. The molecule has 0 spiro atoms. The van der Waals surface area contributed by atoms with Crippen LogP contribution in [0.1, 0.15) is 44.2 Å². The van der Waals surface area contributed by atoms with Crippen LogP contribution in [0.25, 0.3) is 0 Å². The fourth-order valence-corrected chi connectivity index (χ4v) is 2.64. The van der Waals surface area contributed by atoms with Gasteiger partial charge < -0.3 is 5.32 Å². The Labute approximate surface area is 104 Å². The number of nitrogens with zero attached hydrogens (tertiary/aromatic N) is 1. The second-order valence-electron chi connectivity index (χ2n) is 4.93. The monoisotopic (exact) mass is 228 g/mol. The molecule has 1 aliphatic carbocycles. The maximum Gasteiger partial charge on any atom is 0.0672 e. The minimum Gasteiger partial charge on any atom is -0.306 e. The maximum atomic E-state index is 9.15. The van der Waals surface area contributed by atoms with E-state index < -0.39 is 0 Å². The van der Waals surface area contributed by atoms with Gasteiger partial charge in [-0.15, -0.1) is 0 Å². The largest absolute Gasteiger partial charge is 0.306 e. The van der Waals surface area contributed by atoms with Crippen LogP contribution >= 0.6 is 0 Å². The molecule has 0 heterocycles. The van der Waals surface area contributed by atoms with Gasteiger partial charge in [-0.25, -0.2) is 0 Å². The summed E-state index contributed by atoms with van der Waals surface area (Å²) in [5.41, 5.74) is 1.30. The van der Waals surface area contributed by atoms with Gasteiger partial charge in [-0.2, -0.15) is 5.26 Å². The summed E-state index contributed by atoms with van der Waals surface area (Å²) < 4.78 is 0. The Hall–Kier alpha value is -1.33. The Balaban J connectivity index is 1.98. The highest BCUT2D eigenvalue weighted by atomic mass is 15.0. The Morgan fingerprint density at radius 3 is 2.65 bits per heavy atom. The summed E-state index contributed by atoms with van der Waals surface area (Å²) in [5.74, 6) is 0.190. The number of nitrogens with one attached hydrogen (secondary N) is 1. The van der Waals surface area contributed by atoms with Crippen molar-refractivity contribution < 1.29 is 0 Å². The molecule has 2 rings (SSSR count). The predicted octanol–water partition coefficient (Wildman–Crippen LogP) is 3.42. The number of rotatable bonds is 3. The lowest BCUT2D eigenvalue weighted by Gasteiger charge is -2.30. The van der Waals surface area contributed by atoms with Gasteiger partial charge in [-0.05, 0) is 25.3 Å². The smallest absolute Gasteiger partial charge is 0.0672 e. The zero-order chi connectivity index (χ0) is 12.1. The number of hydrogen-bond acceptors (Lipinski definition) is 2. The predicted molar refractivity (Wildman–Crippen MR) is 69.4 cm³/mol. The van der Waals surface area contributed by atoms with Gasteiger partial charge in [0.05, 0.1) is 12.0 Å². The number of hydrogen-bond donors (Lipinski definition) is 1. The summed E-state index contributed by atoms with van der Waals surface area (Å²) in [6.07, 6.45) is 4.64. The molecule has 2 heteroatoms. The second kappa shape index (κ2) is 5.84. The first-order chi connectivity index (χ1) is 8.31. The zero-order valence-corrected chi connectivity index (χ0v) is 10.4. The molecule has 1 fully saturated rings. The van der Waals surface area contributed by atoms with Crippen molar-refractivity contribution in [2.24, 2.45) is 5.92 Å². The molecule has 1 saturated carbocycles. The molecule has 1 aromatic carbocycles. The van der Waals surface area contributed by atoms with Crippen LogP contribution < -0.4 is 5.32 Å². The van der Waals surface area contributed by atoms with E-state index in [1.54, 1.807) is 0 Å². The second-order valence-corrected chi connectivity index (χ2v) is 4.93. The van der Waals surface area contributed by atoms with Gasteiger partial charge in [0.15, 0.2) is 0 Å². The maximum absolute atomic E-state index is 9.15. The number of nitriles is 1. The van der Waals surface area contributed by atoms with Crippen LogP contribution in [0, 0.1) is 17.2 Å². The lowest BCUT2D eigenvalue weighted by molar-refractivity contribution is 0.292. The van der Waals surface area contributed by atoms with Crippen molar-refractivity contribution in [3.63, 3.8) is 0 Å². The highest BCUT2D eigenvalue weighted by Crippen LogP contribution is 2.26. The molecule has 3 atom stereocenters. The van der Waals surface area contributed by atoms with Gasteiger partial charge in [0.25, 0.3) is 0 Å². The van der Waals surface area contributed by atoms with Crippen molar-refractivity contribution in [3.05, 3.63) is 35.9 Å². The summed E-state index contributed by atoms with van der Waals surface area (Å²) in [4.78, 5) is 0. The van der Waals surface area contributed by atoms with Crippen LogP contribution in [0.15, 0.2) is 30.3 Å². The Bertz CT molecular complexity index is 380. The molecule has 0 amide bonds. The van der Waals surface area contributed by atoms with Crippen LogP contribution in [0.5, 0.6) is 0 Å². The summed E-state index contributed by atoms with van der Waals surface area (Å²) in [5, 5.41) is 12.8. The van der Waals surface area contributed by atoms with Crippen molar-refractivity contribution >= 4 is 0 Å². The van der Waals surface area contributed by atoms with Crippen LogP contribution in [0.2, 0.25) is 0 Å². The van der Waals surface area contributed by atoms with Crippen molar-refractivity contribution in [1.82, 2.24) is 5.32 Å². The van der Waals surface area contributed by atoms with Crippen LogP contribution in [-0.2, 0) is 0 Å². The molecule has 1 aromatic rings. The standard InChI is InChI=1S/C15H20N2/c1-12(13-7-3-2-4-8-13)17-15-10-6-5-9-14(15)11-16/h2-4,7-8,12,14-15,17H,5-6,9-10H2,1H3/t12-,14?,15?/m0/s1. The highest BCUT2D eigenvalue weighted by Gasteiger charge is 2.25. The summed E-state index contributed by atoms with van der Waals surface area (Å²) in [7, 11) is 0. The minimum absolute atomic E-state index is 0.190. The molecule has 0 radical (unpaired) electrons. The first-order valence-electron chi connectivity index (χ1n) is 6.52. The highest BCUT2D eigenvalue weighted by molar-refractivity contribution is 5.18. The van der Waals surface area contributed by atoms with Crippen molar-refractivity contribution in [2.75, 3.05) is 0 Å². The van der Waals surface area contributed by atoms with Crippen molar-refractivity contribution in [1.29, 1.82) is 5.26 Å². The lowest BCUT2D eigenvalue weighted by atomic mass is 9.85. The first-order valence-corrected chi connectivity index (χ1v) is 6.52. The SMILES string of the molecule is C[C@H](NC1CCCCC1C#N)c1ccccc1. The quantitative estimate of drug-likeness (QED) is 0.860. The van der Waals surface area contributed by atoms with E-state index in [0.29, 0.717) is 12.1 Å². The van der Waals surface area contributed by atoms with Crippen molar-refractivity contribution in [2.45, 2.75) is 44.7 Å². The van der Waals surface area contributed by atoms with Crippen LogP contribution in [0.4, 0.5) is 0 Å². The molecule has 17 heavy (non-hydrogen) atoms. The van der Waals surface area contributed by atoms with Gasteiger partial charge in [0, 0.05) is 12.1 Å². The minimum atomic E-state index is 0.190. The van der Waals surface area contributed by atoms with Gasteiger partial charge in [-0.1, -0.05) is 43.2 Å². The molecule has 1 N–H and O–H groups in total.